The molecule has 0 aliphatic carbocycles. The average molecular weight is 381 g/mol. The molecule has 0 bridgehead atoms. The van der Waals surface area contributed by atoms with Crippen LogP contribution in [0.3, 0.4) is 0 Å². The molecule has 146 valence electrons. The predicted octanol–water partition coefficient (Wildman–Crippen LogP) is 2.22. The lowest BCUT2D eigenvalue weighted by atomic mass is 10.1. The Hall–Kier alpha value is -2.99. The third-order valence-corrected chi connectivity index (χ3v) is 5.28. The van der Waals surface area contributed by atoms with Crippen molar-refractivity contribution < 1.29 is 24.0 Å². The number of fused-ring (bicyclic) bond motifs is 1. The molecule has 0 saturated carbocycles. The van der Waals surface area contributed by atoms with Gasteiger partial charge in [0.1, 0.15) is 17.9 Å². The third kappa shape index (κ3) is 3.55. The van der Waals surface area contributed by atoms with Gasteiger partial charge in [-0.05, 0) is 25.1 Å². The van der Waals surface area contributed by atoms with Crippen molar-refractivity contribution in [3.05, 3.63) is 59.9 Å². The summed E-state index contributed by atoms with van der Waals surface area (Å²) < 4.78 is 11.0. The van der Waals surface area contributed by atoms with Crippen molar-refractivity contribution in [2.45, 2.75) is 13.5 Å². The number of rotatable bonds is 5. The summed E-state index contributed by atoms with van der Waals surface area (Å²) in [6.45, 7) is 6.34. The Labute approximate surface area is 163 Å². The van der Waals surface area contributed by atoms with Crippen molar-refractivity contribution in [2.24, 2.45) is 0 Å². The quantitative estimate of drug-likeness (QED) is 0.664. The number of benzene rings is 2. The lowest BCUT2D eigenvalue weighted by Gasteiger charge is -2.33. The fourth-order valence-corrected chi connectivity index (χ4v) is 3.86. The predicted molar refractivity (Wildman–Crippen MR) is 107 cm³/mol. The van der Waals surface area contributed by atoms with Gasteiger partial charge in [0.15, 0.2) is 0 Å². The number of furan rings is 1. The van der Waals surface area contributed by atoms with Gasteiger partial charge in [-0.1, -0.05) is 30.3 Å². The van der Waals surface area contributed by atoms with Gasteiger partial charge in [-0.25, -0.2) is 4.79 Å². The maximum Gasteiger partial charge on any atom is 0.374 e. The van der Waals surface area contributed by atoms with E-state index in [-0.39, 0.29) is 0 Å². The molecule has 3 aromatic rings. The van der Waals surface area contributed by atoms with Gasteiger partial charge >= 0.3 is 5.97 Å². The second kappa shape index (κ2) is 7.94. The normalized spacial score (nSPS) is 15.1. The van der Waals surface area contributed by atoms with E-state index in [1.165, 1.54) is 4.90 Å². The lowest BCUT2D eigenvalue weighted by Crippen LogP contribution is -3.13. The summed E-state index contributed by atoms with van der Waals surface area (Å²) in [6, 6.07) is 15.2. The van der Waals surface area contributed by atoms with Gasteiger partial charge < -0.3 is 24.1 Å². The van der Waals surface area contributed by atoms with Crippen LogP contribution in [-0.4, -0.2) is 43.9 Å². The van der Waals surface area contributed by atoms with Gasteiger partial charge in [0.25, 0.3) is 0 Å². The molecule has 0 atom stereocenters. The molecule has 2 aromatic carbocycles. The average Bonchev–Trinajstić information content (AvgIpc) is 3.08. The summed E-state index contributed by atoms with van der Waals surface area (Å²) in [5.41, 5.74) is 2.51. The largest absolute Gasteiger partial charge is 0.506 e. The highest BCUT2D eigenvalue weighted by Gasteiger charge is 2.28. The maximum atomic E-state index is 12.4. The van der Waals surface area contributed by atoms with Gasteiger partial charge in [-0.2, -0.15) is 0 Å². The van der Waals surface area contributed by atoms with E-state index < -0.39 is 5.97 Å². The molecule has 1 aliphatic rings. The number of ether oxygens (including phenoxy) is 1. The van der Waals surface area contributed by atoms with Crippen LogP contribution in [0.25, 0.3) is 11.0 Å². The fourth-order valence-electron chi connectivity index (χ4n) is 3.86. The van der Waals surface area contributed by atoms with E-state index in [4.69, 9.17) is 9.15 Å². The summed E-state index contributed by atoms with van der Waals surface area (Å²) in [5.74, 6) is 0.232. The van der Waals surface area contributed by atoms with E-state index in [0.717, 1.165) is 42.8 Å². The first-order chi connectivity index (χ1) is 13.7. The van der Waals surface area contributed by atoms with Crippen LogP contribution in [0.1, 0.15) is 23.0 Å². The van der Waals surface area contributed by atoms with Crippen LogP contribution in [0.4, 0.5) is 5.69 Å². The van der Waals surface area contributed by atoms with Gasteiger partial charge in [-0.15, -0.1) is 0 Å². The van der Waals surface area contributed by atoms with Crippen molar-refractivity contribution >= 4 is 22.6 Å². The Morgan fingerprint density at radius 3 is 2.61 bits per heavy atom. The summed E-state index contributed by atoms with van der Waals surface area (Å²) in [5, 5.41) is 11.1. The first-order valence-electron chi connectivity index (χ1n) is 9.71. The van der Waals surface area contributed by atoms with Gasteiger partial charge in [0, 0.05) is 5.39 Å². The molecule has 2 N–H and O–H groups in total. The first kappa shape index (κ1) is 18.4. The summed E-state index contributed by atoms with van der Waals surface area (Å²) in [6.07, 6.45) is 0. The number of carbonyl (C=O) groups excluding carboxylic acids is 1. The number of para-hydroxylation sites is 3. The zero-order chi connectivity index (χ0) is 19.5. The van der Waals surface area contributed by atoms with Crippen molar-refractivity contribution in [1.29, 1.82) is 0 Å². The zero-order valence-electron chi connectivity index (χ0n) is 16.0. The number of piperazine rings is 1. The van der Waals surface area contributed by atoms with Crippen LogP contribution in [0.15, 0.2) is 52.9 Å². The van der Waals surface area contributed by atoms with Crippen LogP contribution < -0.4 is 9.80 Å². The van der Waals surface area contributed by atoms with E-state index in [1.54, 1.807) is 13.0 Å². The fraction of sp³-hybridized carbons (Fsp3) is 0.318. The number of phenols is 1. The van der Waals surface area contributed by atoms with E-state index >= 15 is 0 Å². The number of nitrogens with one attached hydrogen (secondary N) is 1. The number of phenolic OH excluding ortho intramolecular Hbond substituents is 1. The molecule has 1 saturated heterocycles. The zero-order valence-corrected chi connectivity index (χ0v) is 16.0. The minimum atomic E-state index is -0.402. The summed E-state index contributed by atoms with van der Waals surface area (Å²) in [7, 11) is 0. The molecule has 0 amide bonds. The van der Waals surface area contributed by atoms with Crippen LogP contribution >= 0.6 is 0 Å². The van der Waals surface area contributed by atoms with Crippen LogP contribution in [0.5, 0.6) is 5.75 Å². The summed E-state index contributed by atoms with van der Waals surface area (Å²) in [4.78, 5) is 16.0. The number of anilines is 1. The number of carbonyl (C=O) groups is 1. The maximum absolute atomic E-state index is 12.4. The van der Waals surface area contributed by atoms with E-state index in [1.807, 2.05) is 42.5 Å². The number of aromatic hydroxyl groups is 1. The van der Waals surface area contributed by atoms with Crippen LogP contribution in [-0.2, 0) is 11.3 Å². The highest BCUT2D eigenvalue weighted by atomic mass is 16.5. The standard InChI is InChI=1S/C22H24N2O4/c1-2-27-22(26)21-17(16-7-3-6-10-20(16)28-21)15-23-11-13-24(14-12-23)18-8-4-5-9-19(18)25/h3-10,25H,2,11-15H2,1H3/p+1. The molecule has 28 heavy (non-hydrogen) atoms. The minimum absolute atomic E-state index is 0.316. The molecule has 6 heteroatoms. The highest BCUT2D eigenvalue weighted by molar-refractivity contribution is 5.96. The number of hydrogen-bond donors (Lipinski definition) is 2. The molecule has 2 heterocycles. The third-order valence-electron chi connectivity index (χ3n) is 5.28. The van der Waals surface area contributed by atoms with E-state index in [0.29, 0.717) is 30.2 Å². The molecule has 4 rings (SSSR count). The Morgan fingerprint density at radius 1 is 1.14 bits per heavy atom. The molecule has 1 aliphatic heterocycles. The second-order valence-corrected chi connectivity index (χ2v) is 7.03. The molecule has 0 unspecified atom stereocenters. The molecule has 0 radical (unpaired) electrons. The Balaban J connectivity index is 1.52. The molecular formula is C22H25N2O4+. The van der Waals surface area contributed by atoms with E-state index in [2.05, 4.69) is 4.90 Å². The summed E-state index contributed by atoms with van der Waals surface area (Å²) >= 11 is 0. The van der Waals surface area contributed by atoms with Crippen molar-refractivity contribution in [1.82, 2.24) is 0 Å². The topological polar surface area (TPSA) is 67.3 Å². The van der Waals surface area contributed by atoms with Gasteiger partial charge in [-0.3, -0.25) is 0 Å². The SMILES string of the molecule is CCOC(=O)c1oc2ccccc2c1C[NH+]1CCN(c2ccccc2O)CC1. The van der Waals surface area contributed by atoms with Gasteiger partial charge in [0.05, 0.1) is 44.0 Å². The Morgan fingerprint density at radius 2 is 1.86 bits per heavy atom. The molecule has 1 aromatic heterocycles. The van der Waals surface area contributed by atoms with Crippen LogP contribution in [0.2, 0.25) is 0 Å². The van der Waals surface area contributed by atoms with Crippen LogP contribution in [0, 0.1) is 0 Å². The number of hydrogen-bond acceptors (Lipinski definition) is 5. The first-order valence-corrected chi connectivity index (χ1v) is 9.71. The lowest BCUT2D eigenvalue weighted by molar-refractivity contribution is -0.914. The second-order valence-electron chi connectivity index (χ2n) is 7.03. The molecule has 1 fully saturated rings. The number of esters is 1. The molecular weight excluding hydrogens is 356 g/mol. The molecule has 0 spiro atoms. The Kier molecular flexibility index (Phi) is 5.21. The number of quaternary nitrogens is 1. The minimum Gasteiger partial charge on any atom is -0.506 e. The number of nitrogens with zero attached hydrogens (tertiary/aromatic N) is 1. The monoisotopic (exact) mass is 381 g/mol. The smallest absolute Gasteiger partial charge is 0.374 e. The van der Waals surface area contributed by atoms with Crippen molar-refractivity contribution in [2.75, 3.05) is 37.7 Å². The van der Waals surface area contributed by atoms with Gasteiger partial charge in [0.2, 0.25) is 5.76 Å². The highest BCUT2D eigenvalue weighted by Crippen LogP contribution is 2.27. The Bertz CT molecular complexity index is 974. The van der Waals surface area contributed by atoms with Crippen molar-refractivity contribution in [3.8, 4) is 5.75 Å². The molecule has 6 nitrogen and oxygen atoms in total. The van der Waals surface area contributed by atoms with E-state index in [9.17, 15) is 9.90 Å². The van der Waals surface area contributed by atoms with Crippen molar-refractivity contribution in [3.63, 3.8) is 0 Å².